The molecule has 1 aliphatic heterocycles. The molecule has 1 fully saturated rings. The van der Waals surface area contributed by atoms with Crippen LogP contribution < -0.4 is 10.5 Å². The molecule has 0 aliphatic carbocycles. The van der Waals surface area contributed by atoms with Crippen molar-refractivity contribution >= 4 is 17.5 Å². The quantitative estimate of drug-likeness (QED) is 0.806. The highest BCUT2D eigenvalue weighted by Gasteiger charge is 2.29. The number of amides is 1. The van der Waals surface area contributed by atoms with Crippen LogP contribution in [0.15, 0.2) is 36.7 Å². The molecule has 6 nitrogen and oxygen atoms in total. The zero-order valence-corrected chi connectivity index (χ0v) is 15.6. The Hall–Kier alpha value is -2.05. The van der Waals surface area contributed by atoms with Crippen molar-refractivity contribution in [3.05, 3.63) is 47.2 Å². The van der Waals surface area contributed by atoms with Crippen molar-refractivity contribution < 1.29 is 9.53 Å². The molecule has 3 rings (SSSR count). The van der Waals surface area contributed by atoms with E-state index < -0.39 is 0 Å². The van der Waals surface area contributed by atoms with Crippen molar-refractivity contribution in [2.24, 2.45) is 5.73 Å². The van der Waals surface area contributed by atoms with Crippen LogP contribution >= 0.6 is 11.6 Å². The van der Waals surface area contributed by atoms with Gasteiger partial charge in [0.2, 0.25) is 0 Å². The van der Waals surface area contributed by atoms with Gasteiger partial charge in [-0.2, -0.15) is 5.10 Å². The average Bonchev–Trinajstić information content (AvgIpc) is 3.18. The maximum Gasteiger partial charge on any atom is 0.257 e. The van der Waals surface area contributed by atoms with E-state index in [2.05, 4.69) is 5.10 Å². The van der Waals surface area contributed by atoms with E-state index in [0.717, 1.165) is 38.8 Å². The third-order valence-electron chi connectivity index (χ3n) is 4.69. The van der Waals surface area contributed by atoms with Crippen molar-refractivity contribution in [2.45, 2.75) is 38.3 Å². The summed E-state index contributed by atoms with van der Waals surface area (Å²) < 4.78 is 7.57. The molecule has 0 spiro atoms. The smallest absolute Gasteiger partial charge is 0.257 e. The molecule has 1 saturated heterocycles. The van der Waals surface area contributed by atoms with E-state index in [1.165, 1.54) is 0 Å². The van der Waals surface area contributed by atoms with Gasteiger partial charge in [0.25, 0.3) is 5.91 Å². The van der Waals surface area contributed by atoms with Crippen LogP contribution in [0.3, 0.4) is 0 Å². The first-order chi connectivity index (χ1) is 12.7. The lowest BCUT2D eigenvalue weighted by Gasteiger charge is -2.36. The number of rotatable bonds is 7. The SMILES string of the molecule is NCCOc1ccc(Cl)cc1C(=O)N1CCCC[C@H]1CCn1cccn1. The van der Waals surface area contributed by atoms with Gasteiger partial charge in [-0.15, -0.1) is 0 Å². The Kier molecular flexibility index (Phi) is 6.52. The van der Waals surface area contributed by atoms with E-state index in [9.17, 15) is 4.79 Å². The lowest BCUT2D eigenvalue weighted by Crippen LogP contribution is -2.44. The third kappa shape index (κ3) is 4.56. The molecule has 1 aliphatic rings. The molecule has 0 radical (unpaired) electrons. The number of aryl methyl sites for hydroxylation is 1. The van der Waals surface area contributed by atoms with Crippen LogP contribution in [0.2, 0.25) is 5.02 Å². The van der Waals surface area contributed by atoms with Crippen LogP contribution in [0.1, 0.15) is 36.0 Å². The summed E-state index contributed by atoms with van der Waals surface area (Å²) in [5, 5.41) is 4.78. The van der Waals surface area contributed by atoms with E-state index >= 15 is 0 Å². The van der Waals surface area contributed by atoms with Gasteiger partial charge in [-0.3, -0.25) is 9.48 Å². The van der Waals surface area contributed by atoms with Gasteiger partial charge in [-0.25, -0.2) is 0 Å². The molecule has 1 aromatic carbocycles. The number of nitrogens with two attached hydrogens (primary N) is 1. The van der Waals surface area contributed by atoms with E-state index in [-0.39, 0.29) is 11.9 Å². The van der Waals surface area contributed by atoms with Crippen LogP contribution in [0, 0.1) is 0 Å². The number of halogens is 1. The average molecular weight is 377 g/mol. The summed E-state index contributed by atoms with van der Waals surface area (Å²) in [5.74, 6) is 0.519. The summed E-state index contributed by atoms with van der Waals surface area (Å²) in [4.78, 5) is 15.2. The van der Waals surface area contributed by atoms with Crippen LogP contribution in [-0.2, 0) is 6.54 Å². The highest BCUT2D eigenvalue weighted by molar-refractivity contribution is 6.31. The monoisotopic (exact) mass is 376 g/mol. The van der Waals surface area contributed by atoms with Crippen LogP contribution in [0.4, 0.5) is 0 Å². The van der Waals surface area contributed by atoms with E-state index in [1.54, 1.807) is 24.4 Å². The molecule has 0 bridgehead atoms. The standard InChI is InChI=1S/C19H25ClN4O2/c20-15-5-6-18(26-13-8-21)17(14-15)19(25)24-11-2-1-4-16(24)7-12-23-10-3-9-22-23/h3,5-6,9-10,14,16H,1-2,4,7-8,11-13,21H2/t16-/m0/s1. The van der Waals surface area contributed by atoms with E-state index in [1.807, 2.05) is 21.8 Å². The number of hydrogen-bond donors (Lipinski definition) is 1. The van der Waals surface area contributed by atoms with Crippen molar-refractivity contribution in [1.29, 1.82) is 0 Å². The molecule has 0 unspecified atom stereocenters. The first kappa shape index (κ1) is 18.7. The summed E-state index contributed by atoms with van der Waals surface area (Å²) >= 11 is 6.14. The molecule has 2 aromatic rings. The fraction of sp³-hybridized carbons (Fsp3) is 0.474. The molecule has 2 heterocycles. The Bertz CT molecular complexity index is 720. The molecule has 1 amide bonds. The molecule has 0 saturated carbocycles. The second-order valence-corrected chi connectivity index (χ2v) is 6.92. The van der Waals surface area contributed by atoms with Crippen molar-refractivity contribution in [3.8, 4) is 5.75 Å². The number of ether oxygens (including phenoxy) is 1. The van der Waals surface area contributed by atoms with Crippen LogP contribution in [0.25, 0.3) is 0 Å². The highest BCUT2D eigenvalue weighted by Crippen LogP contribution is 2.28. The molecule has 1 atom stereocenters. The first-order valence-corrected chi connectivity index (χ1v) is 9.47. The summed E-state index contributed by atoms with van der Waals surface area (Å²) in [5.41, 5.74) is 6.04. The van der Waals surface area contributed by atoms with Crippen molar-refractivity contribution in [1.82, 2.24) is 14.7 Å². The molecular weight excluding hydrogens is 352 g/mol. The minimum absolute atomic E-state index is 0.0234. The third-order valence-corrected chi connectivity index (χ3v) is 4.92. The lowest BCUT2D eigenvalue weighted by atomic mass is 9.98. The predicted octanol–water partition coefficient (Wildman–Crippen LogP) is 2.96. The lowest BCUT2D eigenvalue weighted by molar-refractivity contribution is 0.0589. The van der Waals surface area contributed by atoms with Gasteiger partial charge in [0.05, 0.1) is 5.56 Å². The number of likely N-dealkylation sites (tertiary alicyclic amines) is 1. The van der Waals surface area contributed by atoms with Crippen LogP contribution in [0.5, 0.6) is 5.75 Å². The van der Waals surface area contributed by atoms with Gasteiger partial charge in [-0.05, 0) is 49.9 Å². The largest absolute Gasteiger partial charge is 0.491 e. The van der Waals surface area contributed by atoms with Gasteiger partial charge >= 0.3 is 0 Å². The van der Waals surface area contributed by atoms with E-state index in [4.69, 9.17) is 22.1 Å². The number of hydrogen-bond acceptors (Lipinski definition) is 4. The summed E-state index contributed by atoms with van der Waals surface area (Å²) in [6, 6.07) is 7.27. The Labute approximate surface area is 158 Å². The number of aromatic nitrogens is 2. The normalized spacial score (nSPS) is 17.3. The van der Waals surface area contributed by atoms with Gasteiger partial charge < -0.3 is 15.4 Å². The first-order valence-electron chi connectivity index (χ1n) is 9.10. The van der Waals surface area contributed by atoms with Gasteiger partial charge in [0.15, 0.2) is 0 Å². The minimum Gasteiger partial charge on any atom is -0.491 e. The van der Waals surface area contributed by atoms with Gasteiger partial charge in [0.1, 0.15) is 12.4 Å². The van der Waals surface area contributed by atoms with Crippen molar-refractivity contribution in [3.63, 3.8) is 0 Å². The summed E-state index contributed by atoms with van der Waals surface area (Å²) in [6.07, 6.45) is 7.77. The van der Waals surface area contributed by atoms with E-state index in [0.29, 0.717) is 29.5 Å². The summed E-state index contributed by atoms with van der Waals surface area (Å²) in [6.45, 7) is 2.32. The fourth-order valence-electron chi connectivity index (χ4n) is 3.40. The zero-order valence-electron chi connectivity index (χ0n) is 14.8. The number of nitrogens with zero attached hydrogens (tertiary/aromatic N) is 3. The second kappa shape index (κ2) is 9.05. The topological polar surface area (TPSA) is 73.4 Å². The summed E-state index contributed by atoms with van der Waals surface area (Å²) in [7, 11) is 0. The van der Waals surface area contributed by atoms with Crippen molar-refractivity contribution in [2.75, 3.05) is 19.7 Å². The molecule has 26 heavy (non-hydrogen) atoms. The molecule has 2 N–H and O–H groups in total. The van der Waals surface area contributed by atoms with Gasteiger partial charge in [0, 0.05) is 43.1 Å². The molecule has 1 aromatic heterocycles. The Morgan fingerprint density at radius 2 is 2.27 bits per heavy atom. The Balaban J connectivity index is 1.76. The number of carbonyl (C=O) groups excluding carboxylic acids is 1. The predicted molar refractivity (Wildman–Crippen MR) is 102 cm³/mol. The number of carbonyl (C=O) groups is 1. The molecule has 140 valence electrons. The number of piperidine rings is 1. The maximum absolute atomic E-state index is 13.2. The second-order valence-electron chi connectivity index (χ2n) is 6.48. The molecule has 7 heteroatoms. The molecular formula is C19H25ClN4O2. The minimum atomic E-state index is -0.0234. The van der Waals surface area contributed by atoms with Gasteiger partial charge in [-0.1, -0.05) is 11.6 Å². The Morgan fingerprint density at radius 3 is 3.04 bits per heavy atom. The number of benzene rings is 1. The fourth-order valence-corrected chi connectivity index (χ4v) is 3.57. The zero-order chi connectivity index (χ0) is 18.4. The van der Waals surface area contributed by atoms with Crippen LogP contribution in [-0.4, -0.2) is 46.3 Å². The maximum atomic E-state index is 13.2. The highest BCUT2D eigenvalue weighted by atomic mass is 35.5. The Morgan fingerprint density at radius 1 is 1.38 bits per heavy atom.